The first-order valence-corrected chi connectivity index (χ1v) is 2.31. The molecule has 1 aliphatic heterocycles. The third kappa shape index (κ3) is 1.09. The van der Waals surface area contributed by atoms with Gasteiger partial charge in [-0.1, -0.05) is 0 Å². The molecule has 1 aliphatic rings. The lowest BCUT2D eigenvalue weighted by atomic mass is 10.4. The van der Waals surface area contributed by atoms with Gasteiger partial charge < -0.3 is 0 Å². The van der Waals surface area contributed by atoms with Crippen LogP contribution in [0.4, 0.5) is 17.6 Å². The minimum absolute atomic E-state index is 1.20. The van der Waals surface area contributed by atoms with Crippen molar-refractivity contribution in [3.63, 3.8) is 0 Å². The highest BCUT2D eigenvalue weighted by Gasteiger charge is 2.20. The fourth-order valence-electron chi connectivity index (χ4n) is 0.429. The highest BCUT2D eigenvalue weighted by molar-refractivity contribution is 5.90. The SMILES string of the molecule is FC1=C=C(F)C(F)N=C1F. The van der Waals surface area contributed by atoms with Crippen LogP contribution in [-0.2, 0) is 0 Å². The van der Waals surface area contributed by atoms with Crippen LogP contribution in [0.2, 0.25) is 0 Å². The van der Waals surface area contributed by atoms with Crippen molar-refractivity contribution in [2.24, 2.45) is 4.99 Å². The van der Waals surface area contributed by atoms with Crippen LogP contribution in [0.15, 0.2) is 22.4 Å². The van der Waals surface area contributed by atoms with E-state index >= 15 is 0 Å². The van der Waals surface area contributed by atoms with Gasteiger partial charge >= 0.3 is 0 Å². The zero-order chi connectivity index (χ0) is 7.72. The zero-order valence-electron chi connectivity index (χ0n) is 4.54. The van der Waals surface area contributed by atoms with Crippen LogP contribution in [0.3, 0.4) is 0 Å². The van der Waals surface area contributed by atoms with Crippen molar-refractivity contribution < 1.29 is 17.6 Å². The lowest BCUT2D eigenvalue weighted by Crippen LogP contribution is -2.05. The van der Waals surface area contributed by atoms with Crippen LogP contribution in [0.25, 0.3) is 0 Å². The first-order chi connectivity index (χ1) is 4.61. The summed E-state index contributed by atoms with van der Waals surface area (Å²) in [6.45, 7) is 0. The van der Waals surface area contributed by atoms with E-state index in [0.29, 0.717) is 0 Å². The van der Waals surface area contributed by atoms with Gasteiger partial charge in [0.1, 0.15) is 0 Å². The number of hydrogen-bond donors (Lipinski definition) is 0. The van der Waals surface area contributed by atoms with Crippen molar-refractivity contribution in [2.75, 3.05) is 0 Å². The molecule has 1 nitrogen and oxygen atoms in total. The molecular weight excluding hydrogens is 150 g/mol. The maximum Gasteiger partial charge on any atom is 0.255 e. The molecule has 0 aromatic rings. The van der Waals surface area contributed by atoms with Crippen molar-refractivity contribution in [1.29, 1.82) is 0 Å². The molecule has 0 aromatic carbocycles. The van der Waals surface area contributed by atoms with E-state index in [2.05, 4.69) is 4.99 Å². The second-order valence-electron chi connectivity index (χ2n) is 1.54. The van der Waals surface area contributed by atoms with E-state index < -0.39 is 23.9 Å². The predicted molar refractivity (Wildman–Crippen MR) is 26.2 cm³/mol. The Morgan fingerprint density at radius 2 is 1.90 bits per heavy atom. The second-order valence-corrected chi connectivity index (χ2v) is 1.54. The summed E-state index contributed by atoms with van der Waals surface area (Å²) in [7, 11) is 0. The van der Waals surface area contributed by atoms with Gasteiger partial charge in [0.15, 0.2) is 0 Å². The van der Waals surface area contributed by atoms with E-state index in [1.165, 1.54) is 5.73 Å². The topological polar surface area (TPSA) is 12.4 Å². The van der Waals surface area contributed by atoms with E-state index in [9.17, 15) is 17.6 Å². The Bertz CT molecular complexity index is 248. The van der Waals surface area contributed by atoms with Crippen LogP contribution < -0.4 is 0 Å². The number of aliphatic imine (C=N–C) groups is 1. The summed E-state index contributed by atoms with van der Waals surface area (Å²) in [6.07, 6.45) is -2.44. The van der Waals surface area contributed by atoms with Gasteiger partial charge in [-0.25, -0.2) is 9.38 Å². The quantitative estimate of drug-likeness (QED) is 0.285. The van der Waals surface area contributed by atoms with Gasteiger partial charge in [0.25, 0.3) is 12.3 Å². The summed E-state index contributed by atoms with van der Waals surface area (Å²) >= 11 is 0. The molecule has 1 atom stereocenters. The summed E-state index contributed by atoms with van der Waals surface area (Å²) in [5, 5.41) is 0. The molecule has 10 heavy (non-hydrogen) atoms. The Morgan fingerprint density at radius 3 is 2.40 bits per heavy atom. The van der Waals surface area contributed by atoms with Gasteiger partial charge in [-0.05, 0) is 5.73 Å². The van der Waals surface area contributed by atoms with E-state index in [1.54, 1.807) is 0 Å². The summed E-state index contributed by atoms with van der Waals surface area (Å²) in [6, 6.07) is 0. The molecular formula is C5HF4N. The van der Waals surface area contributed by atoms with Gasteiger partial charge in [-0.3, -0.25) is 0 Å². The number of nitrogens with zero attached hydrogens (tertiary/aromatic N) is 1. The second kappa shape index (κ2) is 2.27. The van der Waals surface area contributed by atoms with Crippen LogP contribution in [0, 0.1) is 0 Å². The fraction of sp³-hybridized carbons (Fsp3) is 0.200. The first-order valence-electron chi connectivity index (χ1n) is 2.31. The van der Waals surface area contributed by atoms with E-state index in [-0.39, 0.29) is 0 Å². The van der Waals surface area contributed by atoms with Crippen molar-refractivity contribution >= 4 is 5.97 Å². The lowest BCUT2D eigenvalue weighted by molar-refractivity contribution is 0.331. The molecule has 0 saturated heterocycles. The summed E-state index contributed by atoms with van der Waals surface area (Å²) < 4.78 is 47.5. The maximum absolute atomic E-state index is 11.9. The molecule has 1 heterocycles. The molecule has 0 spiro atoms. The van der Waals surface area contributed by atoms with Gasteiger partial charge in [0.2, 0.25) is 11.7 Å². The molecule has 0 aromatic heterocycles. The van der Waals surface area contributed by atoms with Crippen molar-refractivity contribution in [3.05, 3.63) is 17.4 Å². The molecule has 0 amide bonds. The fourth-order valence-corrected chi connectivity index (χ4v) is 0.429. The molecule has 0 fully saturated rings. The van der Waals surface area contributed by atoms with E-state index in [0.717, 1.165) is 0 Å². The van der Waals surface area contributed by atoms with Crippen molar-refractivity contribution in [3.8, 4) is 0 Å². The van der Waals surface area contributed by atoms with Crippen molar-refractivity contribution in [2.45, 2.75) is 6.30 Å². The Balaban J connectivity index is 3.12. The Hall–Kier alpha value is -1.09. The van der Waals surface area contributed by atoms with Crippen molar-refractivity contribution in [1.82, 2.24) is 0 Å². The standard InChI is InChI=1S/C5HF4N/c6-2-1-3(7)5(9)10-4(2)8/h4H. The molecule has 1 rings (SSSR count). The van der Waals surface area contributed by atoms with Crippen LogP contribution in [0.1, 0.15) is 0 Å². The Morgan fingerprint density at radius 1 is 1.30 bits per heavy atom. The summed E-state index contributed by atoms with van der Waals surface area (Å²) in [4.78, 5) is 2.34. The molecule has 54 valence electrons. The minimum atomic E-state index is -2.44. The molecule has 0 aliphatic carbocycles. The maximum atomic E-state index is 11.9. The number of halogens is 4. The molecule has 0 radical (unpaired) electrons. The molecule has 0 N–H and O–H groups in total. The largest absolute Gasteiger partial charge is 0.255 e. The van der Waals surface area contributed by atoms with Gasteiger partial charge in [-0.15, -0.1) is 0 Å². The Kier molecular flexibility index (Phi) is 1.59. The average Bonchev–Trinajstić information content (AvgIpc) is 1.84. The van der Waals surface area contributed by atoms with Crippen LogP contribution >= 0.6 is 0 Å². The van der Waals surface area contributed by atoms with Gasteiger partial charge in [0.05, 0.1) is 0 Å². The van der Waals surface area contributed by atoms with Gasteiger partial charge in [-0.2, -0.15) is 13.2 Å². The predicted octanol–water partition coefficient (Wildman–Crippen LogP) is 1.97. The summed E-state index contributed by atoms with van der Waals surface area (Å²) in [5.41, 5.74) is 1.20. The van der Waals surface area contributed by atoms with Gasteiger partial charge in [0, 0.05) is 0 Å². The first kappa shape index (κ1) is 7.02. The average molecular weight is 151 g/mol. The third-order valence-electron chi connectivity index (χ3n) is 0.846. The number of alkyl halides is 1. The normalized spacial score (nSPS) is 25.2. The molecule has 5 heteroatoms. The van der Waals surface area contributed by atoms with Crippen LogP contribution in [0.5, 0.6) is 0 Å². The number of hydrogen-bond acceptors (Lipinski definition) is 1. The smallest absolute Gasteiger partial charge is 0.213 e. The van der Waals surface area contributed by atoms with E-state index in [1.807, 2.05) is 0 Å². The highest BCUT2D eigenvalue weighted by atomic mass is 19.2. The Labute approximate surface area is 53.4 Å². The molecule has 0 saturated carbocycles. The monoisotopic (exact) mass is 151 g/mol. The number of rotatable bonds is 0. The lowest BCUT2D eigenvalue weighted by Gasteiger charge is -2.00. The third-order valence-corrected chi connectivity index (χ3v) is 0.846. The zero-order valence-corrected chi connectivity index (χ0v) is 4.54. The highest BCUT2D eigenvalue weighted by Crippen LogP contribution is 2.17. The molecule has 0 bridgehead atoms. The van der Waals surface area contributed by atoms with Crippen LogP contribution in [-0.4, -0.2) is 12.3 Å². The minimum Gasteiger partial charge on any atom is -0.213 e. The molecule has 1 unspecified atom stereocenters. The van der Waals surface area contributed by atoms with E-state index in [4.69, 9.17) is 0 Å². The summed E-state index contributed by atoms with van der Waals surface area (Å²) in [5.74, 6) is -4.81.